The Morgan fingerprint density at radius 1 is 0.969 bits per heavy atom. The number of hydrogen-bond acceptors (Lipinski definition) is 5. The molecule has 0 saturated carbocycles. The lowest BCUT2D eigenvalue weighted by Gasteiger charge is -2.39. The van der Waals surface area contributed by atoms with Gasteiger partial charge >= 0.3 is 6.18 Å². The zero-order valence-corrected chi connectivity index (χ0v) is 18.2. The fourth-order valence-electron chi connectivity index (χ4n) is 3.98. The summed E-state index contributed by atoms with van der Waals surface area (Å²) in [6.07, 6.45) is -4.51. The van der Waals surface area contributed by atoms with Crippen molar-refractivity contribution in [3.05, 3.63) is 57.8 Å². The third-order valence-corrected chi connectivity index (χ3v) is 6.60. The molecule has 1 aromatic heterocycles. The summed E-state index contributed by atoms with van der Waals surface area (Å²) < 4.78 is 44.0. The normalized spacial score (nSPS) is 20.4. The maximum absolute atomic E-state index is 12.7. The van der Waals surface area contributed by atoms with Gasteiger partial charge < -0.3 is 14.5 Å². The first-order chi connectivity index (χ1) is 15.3. The minimum absolute atomic E-state index is 0.0280. The number of amides is 2. The van der Waals surface area contributed by atoms with Crippen LogP contribution in [0.1, 0.15) is 25.6 Å². The van der Waals surface area contributed by atoms with Crippen LogP contribution in [0.3, 0.4) is 0 Å². The molecule has 3 heterocycles. The summed E-state index contributed by atoms with van der Waals surface area (Å²) in [4.78, 5) is 31.6. The van der Waals surface area contributed by atoms with Gasteiger partial charge in [-0.3, -0.25) is 14.5 Å². The van der Waals surface area contributed by atoms with Gasteiger partial charge in [0.15, 0.2) is 0 Å². The van der Waals surface area contributed by atoms with Crippen LogP contribution in [0.2, 0.25) is 0 Å². The molecule has 2 saturated heterocycles. The van der Waals surface area contributed by atoms with Crippen LogP contribution in [-0.4, -0.2) is 85.0 Å². The number of nitrogens with zero attached hydrogens (tertiary/aromatic N) is 3. The second kappa shape index (κ2) is 9.60. The van der Waals surface area contributed by atoms with E-state index in [4.69, 9.17) is 4.74 Å². The SMILES string of the molecule is O=C(c1ccc(C(F)(F)F)cc1)N1CCN(CC2CN(C(=O)c3cccs3)CCO2)CC1. The molecule has 2 aliphatic heterocycles. The topological polar surface area (TPSA) is 53.1 Å². The Kier molecular flexibility index (Phi) is 6.82. The first-order valence-electron chi connectivity index (χ1n) is 10.4. The summed E-state index contributed by atoms with van der Waals surface area (Å²) in [5, 5.41) is 1.89. The van der Waals surface area contributed by atoms with Crippen molar-refractivity contribution >= 4 is 23.2 Å². The summed E-state index contributed by atoms with van der Waals surface area (Å²) in [5.74, 6) is -0.236. The van der Waals surface area contributed by atoms with Gasteiger partial charge in [0.25, 0.3) is 11.8 Å². The molecule has 1 unspecified atom stereocenters. The molecule has 0 N–H and O–H groups in total. The molecular weight excluding hydrogens is 443 g/mol. The number of ether oxygens (including phenoxy) is 1. The lowest BCUT2D eigenvalue weighted by Crippen LogP contribution is -2.54. The van der Waals surface area contributed by atoms with Gasteiger partial charge in [-0.2, -0.15) is 13.2 Å². The van der Waals surface area contributed by atoms with E-state index in [-0.39, 0.29) is 23.5 Å². The maximum atomic E-state index is 12.7. The average molecular weight is 468 g/mol. The van der Waals surface area contributed by atoms with Crippen LogP contribution in [-0.2, 0) is 10.9 Å². The number of thiophene rings is 1. The minimum Gasteiger partial charge on any atom is -0.373 e. The number of benzene rings is 1. The molecule has 6 nitrogen and oxygen atoms in total. The zero-order chi connectivity index (χ0) is 22.7. The molecule has 172 valence electrons. The van der Waals surface area contributed by atoms with Gasteiger partial charge in [0.05, 0.1) is 23.2 Å². The van der Waals surface area contributed by atoms with Crippen molar-refractivity contribution in [2.75, 3.05) is 52.4 Å². The lowest BCUT2D eigenvalue weighted by atomic mass is 10.1. The van der Waals surface area contributed by atoms with E-state index in [1.807, 2.05) is 22.4 Å². The van der Waals surface area contributed by atoms with Crippen LogP contribution in [0.4, 0.5) is 13.2 Å². The zero-order valence-electron chi connectivity index (χ0n) is 17.4. The van der Waals surface area contributed by atoms with E-state index in [0.29, 0.717) is 52.4 Å². The van der Waals surface area contributed by atoms with Crippen molar-refractivity contribution in [1.29, 1.82) is 0 Å². The Bertz CT molecular complexity index is 926. The summed E-state index contributed by atoms with van der Waals surface area (Å²) in [7, 11) is 0. The number of piperazine rings is 1. The third-order valence-electron chi connectivity index (χ3n) is 5.74. The molecule has 4 rings (SSSR count). The molecule has 2 fully saturated rings. The molecule has 32 heavy (non-hydrogen) atoms. The highest BCUT2D eigenvalue weighted by molar-refractivity contribution is 7.12. The van der Waals surface area contributed by atoms with Gasteiger partial charge in [0, 0.05) is 51.4 Å². The first-order valence-corrected chi connectivity index (χ1v) is 11.3. The van der Waals surface area contributed by atoms with Crippen molar-refractivity contribution in [3.63, 3.8) is 0 Å². The van der Waals surface area contributed by atoms with Crippen molar-refractivity contribution in [2.45, 2.75) is 12.3 Å². The van der Waals surface area contributed by atoms with Crippen molar-refractivity contribution in [1.82, 2.24) is 14.7 Å². The van der Waals surface area contributed by atoms with Crippen LogP contribution >= 0.6 is 11.3 Å². The number of morpholine rings is 1. The Hall–Kier alpha value is -2.43. The van der Waals surface area contributed by atoms with Crippen LogP contribution in [0.15, 0.2) is 41.8 Å². The molecule has 10 heteroatoms. The van der Waals surface area contributed by atoms with Crippen molar-refractivity contribution < 1.29 is 27.5 Å². The number of alkyl halides is 3. The standard InChI is InChI=1S/C22H24F3N3O3S/c23-22(24,25)17-5-3-16(4-6-17)20(29)27-9-7-26(8-10-27)14-18-15-28(11-12-31-18)21(30)19-2-1-13-32-19/h1-6,13,18H,7-12,14-15H2. The highest BCUT2D eigenvalue weighted by Gasteiger charge is 2.31. The van der Waals surface area contributed by atoms with E-state index in [1.54, 1.807) is 4.90 Å². The molecule has 2 aliphatic rings. The van der Waals surface area contributed by atoms with Gasteiger partial charge in [-0.1, -0.05) is 6.07 Å². The molecule has 2 amide bonds. The second-order valence-corrected chi connectivity index (χ2v) is 8.84. The third kappa shape index (κ3) is 5.31. The fourth-order valence-corrected chi connectivity index (χ4v) is 4.67. The van der Waals surface area contributed by atoms with E-state index in [9.17, 15) is 22.8 Å². The molecule has 1 aromatic carbocycles. The van der Waals surface area contributed by atoms with E-state index in [1.165, 1.54) is 23.5 Å². The number of rotatable bonds is 4. The van der Waals surface area contributed by atoms with E-state index in [2.05, 4.69) is 4.90 Å². The number of carbonyl (C=O) groups excluding carboxylic acids is 2. The first kappa shape index (κ1) is 22.8. The number of halogens is 3. The molecule has 1 atom stereocenters. The highest BCUT2D eigenvalue weighted by atomic mass is 32.1. The fraction of sp³-hybridized carbons (Fsp3) is 0.455. The van der Waals surface area contributed by atoms with E-state index >= 15 is 0 Å². The quantitative estimate of drug-likeness (QED) is 0.694. The predicted octanol–water partition coefficient (Wildman–Crippen LogP) is 3.07. The van der Waals surface area contributed by atoms with Crippen LogP contribution in [0.5, 0.6) is 0 Å². The van der Waals surface area contributed by atoms with Gasteiger partial charge in [-0.25, -0.2) is 0 Å². The Balaban J connectivity index is 1.26. The molecule has 0 spiro atoms. The van der Waals surface area contributed by atoms with Gasteiger partial charge in [-0.05, 0) is 35.7 Å². The second-order valence-electron chi connectivity index (χ2n) is 7.89. The Labute approximate surface area is 188 Å². The Morgan fingerprint density at radius 3 is 2.31 bits per heavy atom. The van der Waals surface area contributed by atoms with E-state index in [0.717, 1.165) is 17.0 Å². The molecule has 0 radical (unpaired) electrons. The monoisotopic (exact) mass is 467 g/mol. The van der Waals surface area contributed by atoms with Crippen molar-refractivity contribution in [2.24, 2.45) is 0 Å². The van der Waals surface area contributed by atoms with Crippen LogP contribution < -0.4 is 0 Å². The van der Waals surface area contributed by atoms with Crippen molar-refractivity contribution in [3.8, 4) is 0 Å². The lowest BCUT2D eigenvalue weighted by molar-refractivity contribution is -0.137. The number of hydrogen-bond donors (Lipinski definition) is 0. The largest absolute Gasteiger partial charge is 0.416 e. The predicted molar refractivity (Wildman–Crippen MR) is 114 cm³/mol. The molecule has 0 aliphatic carbocycles. The van der Waals surface area contributed by atoms with Gasteiger partial charge in [0.1, 0.15) is 0 Å². The summed E-state index contributed by atoms with van der Waals surface area (Å²) in [6, 6.07) is 8.02. The summed E-state index contributed by atoms with van der Waals surface area (Å²) >= 11 is 1.43. The molecule has 2 aromatic rings. The van der Waals surface area contributed by atoms with Gasteiger partial charge in [-0.15, -0.1) is 11.3 Å². The molecular formula is C22H24F3N3O3S. The number of carbonyl (C=O) groups is 2. The van der Waals surface area contributed by atoms with Crippen LogP contribution in [0.25, 0.3) is 0 Å². The smallest absolute Gasteiger partial charge is 0.373 e. The van der Waals surface area contributed by atoms with Gasteiger partial charge in [0.2, 0.25) is 0 Å². The Morgan fingerprint density at radius 2 is 1.69 bits per heavy atom. The minimum atomic E-state index is -4.42. The summed E-state index contributed by atoms with van der Waals surface area (Å²) in [6.45, 7) is 4.53. The van der Waals surface area contributed by atoms with E-state index < -0.39 is 11.7 Å². The van der Waals surface area contributed by atoms with Crippen LogP contribution in [0, 0.1) is 0 Å². The molecule has 0 bridgehead atoms. The summed E-state index contributed by atoms with van der Waals surface area (Å²) in [5.41, 5.74) is -0.511. The maximum Gasteiger partial charge on any atom is 0.416 e. The highest BCUT2D eigenvalue weighted by Crippen LogP contribution is 2.29. The average Bonchev–Trinajstić information content (AvgIpc) is 3.33.